The lowest BCUT2D eigenvalue weighted by Crippen LogP contribution is -2.32. The molecule has 0 aliphatic rings. The molecule has 3 heterocycles. The van der Waals surface area contributed by atoms with Crippen LogP contribution in [0.4, 0.5) is 0 Å². The molecule has 2 aromatic carbocycles. The van der Waals surface area contributed by atoms with Gasteiger partial charge in [0.2, 0.25) is 21.8 Å². The van der Waals surface area contributed by atoms with E-state index in [1.54, 1.807) is 25.4 Å². The van der Waals surface area contributed by atoms with E-state index in [1.807, 2.05) is 69.3 Å². The number of nitrogens with one attached hydrogen (secondary N) is 1. The van der Waals surface area contributed by atoms with Gasteiger partial charge >= 0.3 is 0 Å². The zero-order valence-electron chi connectivity index (χ0n) is 21.8. The van der Waals surface area contributed by atoms with Crippen molar-refractivity contribution in [2.24, 2.45) is 5.92 Å². The average Bonchev–Trinajstić information content (AvgIpc) is 3.55. The van der Waals surface area contributed by atoms with Gasteiger partial charge in [-0.05, 0) is 55.2 Å². The van der Waals surface area contributed by atoms with Crippen LogP contribution in [0.3, 0.4) is 0 Å². The molecule has 1 unspecified atom stereocenters. The fraction of sp³-hybridized carbons (Fsp3) is 0.286. The maximum Gasteiger partial charge on any atom is 0.247 e. The Balaban J connectivity index is 1.39. The Labute approximate surface area is 222 Å². The standard InChI is InChI=1S/C28H30N6O3S/c1-18(2)16-25(28-33-32-27(37-28)21-8-6-5-7-9-21)34(4)38(35,36)22-12-10-20(11-13-22)17-24-26-23(14-15-29-24)30-19(3)31-26/h5-15,18,25H,16-17H2,1-4H3,(H,30,31). The predicted molar refractivity (Wildman–Crippen MR) is 145 cm³/mol. The number of nitrogens with zero attached hydrogens (tertiary/aromatic N) is 5. The fourth-order valence-corrected chi connectivity index (χ4v) is 5.79. The van der Waals surface area contributed by atoms with Crippen LogP contribution >= 0.6 is 0 Å². The summed E-state index contributed by atoms with van der Waals surface area (Å²) in [5.41, 5.74) is 4.32. The second-order valence-corrected chi connectivity index (χ2v) is 11.8. The molecule has 9 nitrogen and oxygen atoms in total. The zero-order chi connectivity index (χ0) is 26.9. The van der Waals surface area contributed by atoms with Crippen molar-refractivity contribution in [1.82, 2.24) is 29.5 Å². The highest BCUT2D eigenvalue weighted by atomic mass is 32.2. The van der Waals surface area contributed by atoms with Crippen molar-refractivity contribution < 1.29 is 12.8 Å². The third-order valence-corrected chi connectivity index (χ3v) is 8.33. The molecule has 196 valence electrons. The largest absolute Gasteiger partial charge is 0.419 e. The lowest BCUT2D eigenvalue weighted by Gasteiger charge is -2.26. The van der Waals surface area contributed by atoms with Gasteiger partial charge in [0.15, 0.2) is 0 Å². The van der Waals surface area contributed by atoms with Crippen LogP contribution in [0.25, 0.3) is 22.5 Å². The van der Waals surface area contributed by atoms with Crippen LogP contribution in [0.1, 0.15) is 49.3 Å². The molecule has 3 aromatic heterocycles. The minimum Gasteiger partial charge on any atom is -0.419 e. The third kappa shape index (κ3) is 5.23. The van der Waals surface area contributed by atoms with Crippen LogP contribution in [0.15, 0.2) is 76.2 Å². The van der Waals surface area contributed by atoms with Crippen LogP contribution in [-0.2, 0) is 16.4 Å². The summed E-state index contributed by atoms with van der Waals surface area (Å²) in [7, 11) is -2.27. The molecule has 10 heteroatoms. The number of hydrogen-bond donors (Lipinski definition) is 1. The van der Waals surface area contributed by atoms with E-state index in [-0.39, 0.29) is 16.7 Å². The van der Waals surface area contributed by atoms with Gasteiger partial charge in [-0.2, -0.15) is 4.31 Å². The minimum atomic E-state index is -3.84. The first-order chi connectivity index (χ1) is 18.2. The first-order valence-corrected chi connectivity index (χ1v) is 13.9. The zero-order valence-corrected chi connectivity index (χ0v) is 22.6. The molecule has 0 spiro atoms. The van der Waals surface area contributed by atoms with Crippen LogP contribution in [0, 0.1) is 12.8 Å². The topological polar surface area (TPSA) is 118 Å². The summed E-state index contributed by atoms with van der Waals surface area (Å²) in [5.74, 6) is 1.66. The van der Waals surface area contributed by atoms with E-state index in [0.717, 1.165) is 33.7 Å². The Morgan fingerprint density at radius 2 is 1.74 bits per heavy atom. The second-order valence-electron chi connectivity index (χ2n) is 9.77. The van der Waals surface area contributed by atoms with E-state index in [0.29, 0.717) is 18.7 Å². The van der Waals surface area contributed by atoms with Crippen molar-refractivity contribution in [2.75, 3.05) is 7.05 Å². The SMILES string of the molecule is Cc1nc2c(Cc3ccc(S(=O)(=O)N(C)C(CC(C)C)c4nnc(-c5ccccc5)o4)cc3)nccc2[nH]1. The summed E-state index contributed by atoms with van der Waals surface area (Å²) in [4.78, 5) is 12.4. The number of fused-ring (bicyclic) bond motifs is 1. The summed E-state index contributed by atoms with van der Waals surface area (Å²) in [6.45, 7) is 5.97. The number of aromatic nitrogens is 5. The monoisotopic (exact) mass is 530 g/mol. The number of H-pyrrole nitrogens is 1. The third-order valence-electron chi connectivity index (χ3n) is 6.45. The highest BCUT2D eigenvalue weighted by Gasteiger charge is 2.33. The van der Waals surface area contributed by atoms with Gasteiger partial charge in [-0.1, -0.05) is 44.2 Å². The van der Waals surface area contributed by atoms with Crippen LogP contribution < -0.4 is 0 Å². The summed E-state index contributed by atoms with van der Waals surface area (Å²) in [5, 5.41) is 8.40. The number of benzene rings is 2. The maximum atomic E-state index is 13.7. The molecule has 0 saturated carbocycles. The number of aryl methyl sites for hydroxylation is 1. The Morgan fingerprint density at radius 1 is 1.00 bits per heavy atom. The van der Waals surface area contributed by atoms with Gasteiger partial charge in [0.25, 0.3) is 0 Å². The van der Waals surface area contributed by atoms with Gasteiger partial charge < -0.3 is 9.40 Å². The Bertz CT molecular complexity index is 1640. The number of sulfonamides is 1. The first kappa shape index (κ1) is 25.7. The molecule has 0 fully saturated rings. The summed E-state index contributed by atoms with van der Waals surface area (Å²) < 4.78 is 34.6. The summed E-state index contributed by atoms with van der Waals surface area (Å²) >= 11 is 0. The molecule has 1 N–H and O–H groups in total. The van der Waals surface area contributed by atoms with E-state index in [1.165, 1.54) is 4.31 Å². The van der Waals surface area contributed by atoms with Crippen LogP contribution in [0.2, 0.25) is 0 Å². The van der Waals surface area contributed by atoms with Crippen molar-refractivity contribution in [3.63, 3.8) is 0 Å². The van der Waals surface area contributed by atoms with E-state index in [4.69, 9.17) is 4.42 Å². The van der Waals surface area contributed by atoms with Gasteiger partial charge in [0.05, 0.1) is 16.1 Å². The van der Waals surface area contributed by atoms with Gasteiger partial charge in [0.1, 0.15) is 17.4 Å². The minimum absolute atomic E-state index is 0.196. The van der Waals surface area contributed by atoms with Crippen molar-refractivity contribution in [3.05, 3.63) is 89.8 Å². The lowest BCUT2D eigenvalue weighted by atomic mass is 10.0. The molecule has 1 atom stereocenters. The molecule has 5 rings (SSSR count). The number of rotatable bonds is 9. The highest BCUT2D eigenvalue weighted by Crippen LogP contribution is 2.32. The van der Waals surface area contributed by atoms with Crippen molar-refractivity contribution in [2.45, 2.75) is 44.6 Å². The van der Waals surface area contributed by atoms with E-state index in [2.05, 4.69) is 25.1 Å². The molecule has 5 aromatic rings. The molecule has 38 heavy (non-hydrogen) atoms. The van der Waals surface area contributed by atoms with E-state index >= 15 is 0 Å². The second kappa shape index (κ2) is 10.5. The Hall–Kier alpha value is -3.89. The van der Waals surface area contributed by atoms with E-state index in [9.17, 15) is 8.42 Å². The number of imidazole rings is 1. The summed E-state index contributed by atoms with van der Waals surface area (Å²) in [6, 6.07) is 17.6. The van der Waals surface area contributed by atoms with Crippen molar-refractivity contribution >= 4 is 21.1 Å². The molecule has 0 aliphatic carbocycles. The van der Waals surface area contributed by atoms with E-state index < -0.39 is 16.1 Å². The Kier molecular flexibility index (Phi) is 7.09. The number of pyridine rings is 1. The molecule has 0 amide bonds. The number of hydrogen-bond acceptors (Lipinski definition) is 7. The van der Waals surface area contributed by atoms with Crippen molar-refractivity contribution in [1.29, 1.82) is 0 Å². The molecule has 0 aliphatic heterocycles. The lowest BCUT2D eigenvalue weighted by molar-refractivity contribution is 0.273. The van der Waals surface area contributed by atoms with Crippen molar-refractivity contribution in [3.8, 4) is 11.5 Å². The fourth-order valence-electron chi connectivity index (χ4n) is 4.47. The van der Waals surface area contributed by atoms with Gasteiger partial charge in [-0.25, -0.2) is 13.4 Å². The normalized spacial score (nSPS) is 13.0. The van der Waals surface area contributed by atoms with Gasteiger partial charge in [0, 0.05) is 25.2 Å². The van der Waals surface area contributed by atoms with Crippen LogP contribution in [-0.4, -0.2) is 44.9 Å². The molecule has 0 bridgehead atoms. The average molecular weight is 531 g/mol. The molecule has 0 radical (unpaired) electrons. The molecular formula is C28H30N6O3S. The molecule has 0 saturated heterocycles. The number of aromatic amines is 1. The predicted octanol–water partition coefficient (Wildman–Crippen LogP) is 5.32. The smallest absolute Gasteiger partial charge is 0.247 e. The highest BCUT2D eigenvalue weighted by molar-refractivity contribution is 7.89. The van der Waals surface area contributed by atoms with Crippen LogP contribution in [0.5, 0.6) is 0 Å². The quantitative estimate of drug-likeness (QED) is 0.274. The first-order valence-electron chi connectivity index (χ1n) is 12.5. The van der Waals surface area contributed by atoms with Gasteiger partial charge in [-0.15, -0.1) is 10.2 Å². The van der Waals surface area contributed by atoms with Gasteiger partial charge in [-0.3, -0.25) is 4.98 Å². The maximum absolute atomic E-state index is 13.7. The Morgan fingerprint density at radius 3 is 2.45 bits per heavy atom. The molecular weight excluding hydrogens is 500 g/mol. The summed E-state index contributed by atoms with van der Waals surface area (Å²) in [6.07, 6.45) is 2.82.